The van der Waals surface area contributed by atoms with Crippen LogP contribution < -0.4 is 26.2 Å². The second-order valence-electron chi connectivity index (χ2n) is 8.83. The number of piperazine rings is 1. The van der Waals surface area contributed by atoms with E-state index in [-0.39, 0.29) is 6.03 Å². The average molecular weight is 503 g/mol. The third-order valence-electron chi connectivity index (χ3n) is 6.45. The highest BCUT2D eigenvalue weighted by Crippen LogP contribution is 2.28. The fourth-order valence-corrected chi connectivity index (χ4v) is 4.42. The number of nitrogens with one attached hydrogen (secondary N) is 2. The molecule has 2 aromatic carbocycles. The van der Waals surface area contributed by atoms with Crippen molar-refractivity contribution in [2.45, 2.75) is 0 Å². The topological polar surface area (TPSA) is 129 Å². The molecule has 37 heavy (non-hydrogen) atoms. The van der Waals surface area contributed by atoms with Crippen molar-refractivity contribution in [3.63, 3.8) is 0 Å². The Bertz CT molecular complexity index is 1240. The number of nitrogens with two attached hydrogens (primary N) is 1. The van der Waals surface area contributed by atoms with Crippen LogP contribution in [0, 0.1) is 0 Å². The van der Waals surface area contributed by atoms with Gasteiger partial charge in [-0.15, -0.1) is 0 Å². The number of urea groups is 1. The Balaban J connectivity index is 1.19. The highest BCUT2D eigenvalue weighted by atomic mass is 16.5. The van der Waals surface area contributed by atoms with Gasteiger partial charge in [-0.1, -0.05) is 12.1 Å². The van der Waals surface area contributed by atoms with E-state index < -0.39 is 5.91 Å². The summed E-state index contributed by atoms with van der Waals surface area (Å²) in [6.45, 7) is 5.52. The summed E-state index contributed by atoms with van der Waals surface area (Å²) in [4.78, 5) is 39.3. The van der Waals surface area contributed by atoms with Gasteiger partial charge >= 0.3 is 6.03 Å². The molecule has 5 rings (SSSR count). The minimum Gasteiger partial charge on any atom is -0.378 e. The molecule has 11 nitrogen and oxygen atoms in total. The molecule has 2 saturated heterocycles. The number of hydrogen-bond acceptors (Lipinski definition) is 8. The predicted molar refractivity (Wildman–Crippen MR) is 143 cm³/mol. The molecule has 4 N–H and O–H groups in total. The van der Waals surface area contributed by atoms with E-state index in [4.69, 9.17) is 15.5 Å². The summed E-state index contributed by atoms with van der Waals surface area (Å²) in [7, 11) is 0. The molecular formula is C26H30N8O3. The smallest absolute Gasteiger partial charge is 0.321 e. The average Bonchev–Trinajstić information content (AvgIpc) is 2.94. The zero-order valence-electron chi connectivity index (χ0n) is 20.5. The highest BCUT2D eigenvalue weighted by Gasteiger charge is 2.23. The molecule has 3 aromatic rings. The van der Waals surface area contributed by atoms with Crippen molar-refractivity contribution >= 4 is 40.8 Å². The molecule has 2 fully saturated rings. The van der Waals surface area contributed by atoms with E-state index in [2.05, 4.69) is 31.5 Å². The lowest BCUT2D eigenvalue weighted by Crippen LogP contribution is -2.50. The van der Waals surface area contributed by atoms with Crippen LogP contribution in [0.2, 0.25) is 0 Å². The number of rotatable bonds is 6. The standard InChI is InChI=1S/C26H30N8O3/c27-24(35)19-5-7-20(8-6-19)29-26(36)34-13-11-33(12-14-34)23-9-10-28-25(31-23)30-21-3-1-2-4-22(21)32-15-17-37-18-16-32/h1-10H,11-18H2,(H2,27,35)(H,29,36)(H,28,30,31). The quantitative estimate of drug-likeness (QED) is 0.469. The van der Waals surface area contributed by atoms with Crippen LogP contribution in [-0.2, 0) is 4.74 Å². The van der Waals surface area contributed by atoms with E-state index in [0.717, 1.165) is 30.3 Å². The number of anilines is 5. The van der Waals surface area contributed by atoms with E-state index in [9.17, 15) is 9.59 Å². The van der Waals surface area contributed by atoms with Crippen LogP contribution >= 0.6 is 0 Å². The van der Waals surface area contributed by atoms with Crippen LogP contribution in [-0.4, -0.2) is 79.3 Å². The Kier molecular flexibility index (Phi) is 7.31. The SMILES string of the molecule is NC(=O)c1ccc(NC(=O)N2CCN(c3ccnc(Nc4ccccc4N4CCOCC4)n3)CC2)cc1. The van der Waals surface area contributed by atoms with E-state index in [1.54, 1.807) is 35.4 Å². The van der Waals surface area contributed by atoms with Gasteiger partial charge in [0.25, 0.3) is 0 Å². The molecule has 0 unspecified atom stereocenters. The predicted octanol–water partition coefficient (Wildman–Crippen LogP) is 2.51. The van der Waals surface area contributed by atoms with Crippen LogP contribution in [0.3, 0.4) is 0 Å². The van der Waals surface area contributed by atoms with Crippen LogP contribution in [0.1, 0.15) is 10.4 Å². The fourth-order valence-electron chi connectivity index (χ4n) is 4.42. The summed E-state index contributed by atoms with van der Waals surface area (Å²) < 4.78 is 5.49. The number of primary amides is 1. The van der Waals surface area contributed by atoms with Gasteiger partial charge in [0, 0.05) is 56.7 Å². The lowest BCUT2D eigenvalue weighted by molar-refractivity contribution is 0.1000. The molecule has 0 atom stereocenters. The van der Waals surface area contributed by atoms with Gasteiger partial charge in [0.05, 0.1) is 24.6 Å². The van der Waals surface area contributed by atoms with Gasteiger partial charge in [-0.3, -0.25) is 4.79 Å². The van der Waals surface area contributed by atoms with Crippen molar-refractivity contribution in [3.8, 4) is 0 Å². The molecule has 11 heteroatoms. The van der Waals surface area contributed by atoms with Crippen molar-refractivity contribution in [2.24, 2.45) is 5.73 Å². The van der Waals surface area contributed by atoms with Crippen LogP contribution in [0.15, 0.2) is 60.8 Å². The monoisotopic (exact) mass is 502 g/mol. The van der Waals surface area contributed by atoms with Crippen LogP contribution in [0.4, 0.5) is 33.6 Å². The zero-order valence-corrected chi connectivity index (χ0v) is 20.5. The maximum atomic E-state index is 12.7. The van der Waals surface area contributed by atoms with Crippen molar-refractivity contribution in [1.29, 1.82) is 0 Å². The number of aromatic nitrogens is 2. The maximum Gasteiger partial charge on any atom is 0.321 e. The first-order chi connectivity index (χ1) is 18.1. The van der Waals surface area contributed by atoms with Crippen LogP contribution in [0.5, 0.6) is 0 Å². The molecule has 1 aromatic heterocycles. The second kappa shape index (κ2) is 11.1. The molecule has 0 bridgehead atoms. The minimum absolute atomic E-state index is 0.184. The van der Waals surface area contributed by atoms with Crippen molar-refractivity contribution < 1.29 is 14.3 Å². The minimum atomic E-state index is -0.501. The summed E-state index contributed by atoms with van der Waals surface area (Å²) in [5.41, 5.74) is 8.33. The lowest BCUT2D eigenvalue weighted by atomic mass is 10.2. The van der Waals surface area contributed by atoms with Crippen molar-refractivity contribution in [1.82, 2.24) is 14.9 Å². The summed E-state index contributed by atoms with van der Waals surface area (Å²) >= 11 is 0. The zero-order chi connectivity index (χ0) is 25.6. The Morgan fingerprint density at radius 2 is 1.59 bits per heavy atom. The first-order valence-electron chi connectivity index (χ1n) is 12.3. The third kappa shape index (κ3) is 5.89. The number of para-hydroxylation sites is 2. The van der Waals surface area contributed by atoms with Gasteiger partial charge in [-0.05, 0) is 42.5 Å². The molecule has 0 saturated carbocycles. The fraction of sp³-hybridized carbons (Fsp3) is 0.308. The largest absolute Gasteiger partial charge is 0.378 e. The Labute approximate surface area is 215 Å². The number of hydrogen-bond donors (Lipinski definition) is 3. The van der Waals surface area contributed by atoms with E-state index in [0.29, 0.717) is 56.6 Å². The molecular weight excluding hydrogens is 472 g/mol. The molecule has 0 spiro atoms. The van der Waals surface area contributed by atoms with Gasteiger partial charge in [0.2, 0.25) is 11.9 Å². The summed E-state index contributed by atoms with van der Waals surface area (Å²) in [5.74, 6) is 0.833. The number of ether oxygens (including phenoxy) is 1. The number of carbonyl (C=O) groups excluding carboxylic acids is 2. The lowest BCUT2D eigenvalue weighted by Gasteiger charge is -2.35. The number of nitrogens with zero attached hydrogens (tertiary/aromatic N) is 5. The van der Waals surface area contributed by atoms with E-state index in [1.165, 1.54) is 0 Å². The molecule has 3 amide bonds. The summed E-state index contributed by atoms with van der Waals surface area (Å²) in [5, 5.41) is 6.25. The number of amides is 3. The molecule has 3 heterocycles. The first kappa shape index (κ1) is 24.3. The summed E-state index contributed by atoms with van der Waals surface area (Å²) in [6.07, 6.45) is 1.75. The Hall–Kier alpha value is -4.38. The van der Waals surface area contributed by atoms with E-state index in [1.807, 2.05) is 24.3 Å². The van der Waals surface area contributed by atoms with Gasteiger partial charge in [0.15, 0.2) is 0 Å². The maximum absolute atomic E-state index is 12.7. The Morgan fingerprint density at radius 1 is 0.865 bits per heavy atom. The van der Waals surface area contributed by atoms with Gasteiger partial charge in [-0.25, -0.2) is 9.78 Å². The second-order valence-corrected chi connectivity index (χ2v) is 8.83. The number of morpholine rings is 1. The molecule has 192 valence electrons. The number of carbonyl (C=O) groups is 2. The Morgan fingerprint density at radius 3 is 2.32 bits per heavy atom. The molecule has 2 aliphatic heterocycles. The van der Waals surface area contributed by atoms with E-state index >= 15 is 0 Å². The molecule has 0 radical (unpaired) electrons. The van der Waals surface area contributed by atoms with Crippen molar-refractivity contribution in [2.75, 3.05) is 72.9 Å². The number of benzene rings is 2. The van der Waals surface area contributed by atoms with Gasteiger partial charge in [-0.2, -0.15) is 4.98 Å². The molecule has 0 aliphatic carbocycles. The van der Waals surface area contributed by atoms with Crippen LogP contribution in [0.25, 0.3) is 0 Å². The highest BCUT2D eigenvalue weighted by molar-refractivity contribution is 5.94. The molecule has 2 aliphatic rings. The third-order valence-corrected chi connectivity index (χ3v) is 6.45. The normalized spacial score (nSPS) is 15.8. The first-order valence-corrected chi connectivity index (χ1v) is 12.3. The summed E-state index contributed by atoms with van der Waals surface area (Å²) in [6, 6.07) is 16.4. The van der Waals surface area contributed by atoms with Gasteiger partial charge in [0.1, 0.15) is 5.82 Å². The van der Waals surface area contributed by atoms with Crippen molar-refractivity contribution in [3.05, 3.63) is 66.4 Å². The van der Waals surface area contributed by atoms with Gasteiger partial charge < -0.3 is 35.8 Å².